The number of hydrogen-bond acceptors (Lipinski definition) is 4. The fourth-order valence-electron chi connectivity index (χ4n) is 2.90. The maximum absolute atomic E-state index is 11.7. The van der Waals surface area contributed by atoms with Crippen molar-refractivity contribution in [2.45, 2.75) is 25.3 Å². The van der Waals surface area contributed by atoms with Crippen molar-refractivity contribution in [2.75, 3.05) is 19.3 Å². The lowest BCUT2D eigenvalue weighted by Gasteiger charge is -2.33. The minimum absolute atomic E-state index is 0.0665. The topological polar surface area (TPSA) is 75.4 Å². The first-order valence-electron chi connectivity index (χ1n) is 7.07. The number of sulfonamides is 1. The van der Waals surface area contributed by atoms with Gasteiger partial charge < -0.3 is 0 Å². The third-order valence-electron chi connectivity index (χ3n) is 4.00. The van der Waals surface area contributed by atoms with E-state index in [0.717, 1.165) is 24.8 Å². The minimum Gasteiger partial charge on any atom is -0.271 e. The molecule has 1 heterocycles. The van der Waals surface area contributed by atoms with Crippen LogP contribution < -0.4 is 11.3 Å². The first-order valence-corrected chi connectivity index (χ1v) is 9.30. The number of hydrogen-bond donors (Lipinski definition) is 2. The molecule has 1 aliphatic heterocycles. The summed E-state index contributed by atoms with van der Waals surface area (Å²) in [4.78, 5) is 0. The summed E-state index contributed by atoms with van der Waals surface area (Å²) in [5.41, 5.74) is 3.76. The van der Waals surface area contributed by atoms with E-state index in [-0.39, 0.29) is 12.0 Å². The van der Waals surface area contributed by atoms with Gasteiger partial charge in [-0.2, -0.15) is 0 Å². The van der Waals surface area contributed by atoms with Crippen molar-refractivity contribution in [1.82, 2.24) is 9.73 Å². The highest BCUT2D eigenvalue weighted by atomic mass is 35.5. The number of nitrogens with zero attached hydrogens (tertiary/aromatic N) is 1. The Bertz CT molecular complexity index is 579. The van der Waals surface area contributed by atoms with Crippen LogP contribution in [0.4, 0.5) is 0 Å². The average Bonchev–Trinajstić information content (AvgIpc) is 2.45. The van der Waals surface area contributed by atoms with Gasteiger partial charge in [-0.3, -0.25) is 11.3 Å². The molecule has 1 aromatic carbocycles. The van der Waals surface area contributed by atoms with Gasteiger partial charge in [0.25, 0.3) is 0 Å². The van der Waals surface area contributed by atoms with Crippen LogP contribution >= 0.6 is 11.6 Å². The second kappa shape index (κ2) is 7.07. The van der Waals surface area contributed by atoms with Crippen molar-refractivity contribution in [3.05, 3.63) is 34.9 Å². The van der Waals surface area contributed by atoms with E-state index in [0.29, 0.717) is 18.1 Å². The normalized spacial score (nSPS) is 22.1. The fourth-order valence-corrected chi connectivity index (χ4v) is 4.11. The lowest BCUT2D eigenvalue weighted by atomic mass is 9.90. The molecule has 2 unspecified atom stereocenters. The minimum atomic E-state index is -3.12. The van der Waals surface area contributed by atoms with Gasteiger partial charge in [0.1, 0.15) is 0 Å². The molecular formula is C14H22ClN3O2S. The Morgan fingerprint density at radius 2 is 2.19 bits per heavy atom. The van der Waals surface area contributed by atoms with Gasteiger partial charge in [-0.05, 0) is 36.8 Å². The molecule has 1 aromatic rings. The summed E-state index contributed by atoms with van der Waals surface area (Å²) in [7, 11) is -3.12. The van der Waals surface area contributed by atoms with Gasteiger partial charge in [-0.25, -0.2) is 12.7 Å². The van der Waals surface area contributed by atoms with Crippen molar-refractivity contribution in [1.29, 1.82) is 0 Å². The summed E-state index contributed by atoms with van der Waals surface area (Å²) in [5, 5.41) is 0.677. The summed E-state index contributed by atoms with van der Waals surface area (Å²) in [5.74, 6) is 5.95. The maximum atomic E-state index is 11.7. The Labute approximate surface area is 131 Å². The number of nitrogens with two attached hydrogens (primary N) is 1. The van der Waals surface area contributed by atoms with Gasteiger partial charge in [0.2, 0.25) is 10.0 Å². The second-order valence-electron chi connectivity index (χ2n) is 5.61. The zero-order chi connectivity index (χ0) is 15.5. The number of hydrazine groups is 1. The fraction of sp³-hybridized carbons (Fsp3) is 0.571. The predicted molar refractivity (Wildman–Crippen MR) is 85.3 cm³/mol. The summed E-state index contributed by atoms with van der Waals surface area (Å²) in [6.45, 7) is 1.17. The zero-order valence-corrected chi connectivity index (χ0v) is 13.7. The standard InChI is InChI=1S/C14H22ClN3O2S/c1-21(19,20)18-8-4-5-11(10-18)9-14(17-16)12-6-2-3-7-13(12)15/h2-3,6-7,11,14,17H,4-5,8-10,16H2,1H3. The quantitative estimate of drug-likeness (QED) is 0.638. The molecule has 3 N–H and O–H groups in total. The van der Waals surface area contributed by atoms with E-state index in [4.69, 9.17) is 17.4 Å². The molecule has 5 nitrogen and oxygen atoms in total. The number of benzene rings is 1. The molecule has 0 amide bonds. The summed E-state index contributed by atoms with van der Waals surface area (Å²) in [6.07, 6.45) is 3.93. The van der Waals surface area contributed by atoms with Crippen LogP contribution in [0.5, 0.6) is 0 Å². The van der Waals surface area contributed by atoms with E-state index < -0.39 is 10.0 Å². The number of rotatable bonds is 5. The summed E-state index contributed by atoms with van der Waals surface area (Å²) in [6, 6.07) is 7.53. The lowest BCUT2D eigenvalue weighted by Crippen LogP contribution is -2.41. The Kier molecular flexibility index (Phi) is 5.62. The molecule has 0 bridgehead atoms. The molecule has 0 aliphatic carbocycles. The van der Waals surface area contributed by atoms with Crippen molar-refractivity contribution < 1.29 is 8.42 Å². The van der Waals surface area contributed by atoms with E-state index in [9.17, 15) is 8.42 Å². The molecule has 0 radical (unpaired) electrons. The molecule has 21 heavy (non-hydrogen) atoms. The highest BCUT2D eigenvalue weighted by molar-refractivity contribution is 7.88. The van der Waals surface area contributed by atoms with Crippen molar-refractivity contribution in [3.63, 3.8) is 0 Å². The molecule has 118 valence electrons. The monoisotopic (exact) mass is 331 g/mol. The van der Waals surface area contributed by atoms with Crippen LogP contribution in [0.1, 0.15) is 30.9 Å². The van der Waals surface area contributed by atoms with E-state index >= 15 is 0 Å². The second-order valence-corrected chi connectivity index (χ2v) is 8.00. The Morgan fingerprint density at radius 3 is 2.81 bits per heavy atom. The third-order valence-corrected chi connectivity index (χ3v) is 5.62. The van der Waals surface area contributed by atoms with Gasteiger partial charge >= 0.3 is 0 Å². The van der Waals surface area contributed by atoms with Crippen LogP contribution in [-0.2, 0) is 10.0 Å². The van der Waals surface area contributed by atoms with Crippen molar-refractivity contribution in [3.8, 4) is 0 Å². The summed E-state index contributed by atoms with van der Waals surface area (Å²) < 4.78 is 24.9. The van der Waals surface area contributed by atoms with Crippen LogP contribution in [0, 0.1) is 5.92 Å². The van der Waals surface area contributed by atoms with E-state index in [2.05, 4.69) is 5.43 Å². The molecule has 0 spiro atoms. The van der Waals surface area contributed by atoms with Gasteiger partial charge in [0.05, 0.1) is 6.26 Å². The van der Waals surface area contributed by atoms with E-state index in [1.807, 2.05) is 24.3 Å². The van der Waals surface area contributed by atoms with Gasteiger partial charge in [0, 0.05) is 24.2 Å². The molecule has 7 heteroatoms. The molecule has 0 saturated carbocycles. The number of nitrogens with one attached hydrogen (secondary N) is 1. The van der Waals surface area contributed by atoms with Crippen LogP contribution in [0.25, 0.3) is 0 Å². The Hall–Kier alpha value is -0.660. The largest absolute Gasteiger partial charge is 0.271 e. The van der Waals surface area contributed by atoms with Crippen LogP contribution in [0.3, 0.4) is 0 Å². The van der Waals surface area contributed by atoms with Crippen molar-refractivity contribution in [2.24, 2.45) is 11.8 Å². The Balaban J connectivity index is 2.07. The molecule has 2 rings (SSSR count). The molecule has 2 atom stereocenters. The molecule has 1 saturated heterocycles. The smallest absolute Gasteiger partial charge is 0.211 e. The average molecular weight is 332 g/mol. The highest BCUT2D eigenvalue weighted by Gasteiger charge is 2.28. The van der Waals surface area contributed by atoms with E-state index in [1.54, 1.807) is 4.31 Å². The first-order chi connectivity index (χ1) is 9.91. The molecule has 0 aromatic heterocycles. The van der Waals surface area contributed by atoms with Gasteiger partial charge in [-0.1, -0.05) is 29.8 Å². The van der Waals surface area contributed by atoms with Crippen LogP contribution in [-0.4, -0.2) is 32.1 Å². The molecule has 1 aliphatic rings. The zero-order valence-electron chi connectivity index (χ0n) is 12.1. The lowest BCUT2D eigenvalue weighted by molar-refractivity contribution is 0.238. The summed E-state index contributed by atoms with van der Waals surface area (Å²) >= 11 is 6.21. The molecular weight excluding hydrogens is 310 g/mol. The van der Waals surface area contributed by atoms with Crippen LogP contribution in [0.2, 0.25) is 5.02 Å². The van der Waals surface area contributed by atoms with Crippen LogP contribution in [0.15, 0.2) is 24.3 Å². The third kappa shape index (κ3) is 4.40. The highest BCUT2D eigenvalue weighted by Crippen LogP contribution is 2.31. The van der Waals surface area contributed by atoms with Gasteiger partial charge in [-0.15, -0.1) is 0 Å². The predicted octanol–water partition coefficient (Wildman–Crippen LogP) is 1.91. The van der Waals surface area contributed by atoms with Crippen molar-refractivity contribution >= 4 is 21.6 Å². The first kappa shape index (κ1) is 16.7. The van der Waals surface area contributed by atoms with E-state index in [1.165, 1.54) is 6.26 Å². The SMILES string of the molecule is CS(=O)(=O)N1CCCC(CC(NN)c2ccccc2Cl)C1. The number of piperidine rings is 1. The maximum Gasteiger partial charge on any atom is 0.211 e. The Morgan fingerprint density at radius 1 is 1.48 bits per heavy atom. The number of halogens is 1. The van der Waals surface area contributed by atoms with Gasteiger partial charge in [0.15, 0.2) is 0 Å². The molecule has 1 fully saturated rings.